The maximum Gasteiger partial charge on any atom is 0.516 e. The van der Waals surface area contributed by atoms with Crippen LogP contribution in [0.25, 0.3) is 0 Å². The Morgan fingerprint density at radius 1 is 1.30 bits per heavy atom. The first-order valence-corrected chi connectivity index (χ1v) is 10.6. The molecule has 27 heavy (non-hydrogen) atoms. The second-order valence-electron chi connectivity index (χ2n) is 6.39. The van der Waals surface area contributed by atoms with E-state index in [9.17, 15) is 21.6 Å². The van der Waals surface area contributed by atoms with Gasteiger partial charge in [-0.2, -0.15) is 21.6 Å². The van der Waals surface area contributed by atoms with E-state index in [1.54, 1.807) is 4.72 Å². The summed E-state index contributed by atoms with van der Waals surface area (Å²) in [4.78, 5) is 5.59. The third kappa shape index (κ3) is 6.00. The molecule has 0 aromatic heterocycles. The Labute approximate surface area is 162 Å². The zero-order chi connectivity index (χ0) is 20.1. The molecule has 1 aromatic carbocycles. The van der Waals surface area contributed by atoms with Crippen LogP contribution in [-0.4, -0.2) is 25.7 Å². The van der Waals surface area contributed by atoms with Crippen LogP contribution >= 0.6 is 11.6 Å². The molecule has 0 spiro atoms. The molecular weight excluding hydrogens is 405 g/mol. The van der Waals surface area contributed by atoms with Crippen LogP contribution < -0.4 is 4.72 Å². The summed E-state index contributed by atoms with van der Waals surface area (Å²) in [6.07, 6.45) is 5.95. The Balaban J connectivity index is 2.35. The third-order valence-electron chi connectivity index (χ3n) is 4.19. The first-order valence-electron chi connectivity index (χ1n) is 8.75. The fourth-order valence-corrected chi connectivity index (χ4v) is 3.58. The van der Waals surface area contributed by atoms with E-state index in [-0.39, 0.29) is 22.4 Å². The van der Waals surface area contributed by atoms with Crippen LogP contribution in [0.15, 0.2) is 23.4 Å². The van der Waals surface area contributed by atoms with Crippen LogP contribution in [0.2, 0.25) is 5.02 Å². The van der Waals surface area contributed by atoms with Gasteiger partial charge < -0.3 is 4.84 Å². The highest BCUT2D eigenvalue weighted by Gasteiger charge is 2.46. The van der Waals surface area contributed by atoms with Gasteiger partial charge in [0.25, 0.3) is 0 Å². The van der Waals surface area contributed by atoms with Crippen molar-refractivity contribution in [2.45, 2.75) is 63.5 Å². The number of oxime groups is 1. The molecule has 0 heterocycles. The Hall–Kier alpha value is -1.48. The van der Waals surface area contributed by atoms with Crippen molar-refractivity contribution in [3.63, 3.8) is 0 Å². The van der Waals surface area contributed by atoms with Gasteiger partial charge in [0.1, 0.15) is 6.10 Å². The fraction of sp³-hybridized carbons (Fsp3) is 0.588. The summed E-state index contributed by atoms with van der Waals surface area (Å²) in [6, 6.07) is 3.88. The number of halogens is 4. The number of benzene rings is 1. The van der Waals surface area contributed by atoms with Gasteiger partial charge in [0.2, 0.25) is 0 Å². The highest BCUT2D eigenvalue weighted by atomic mass is 35.5. The number of hydrogen-bond donors (Lipinski definition) is 1. The van der Waals surface area contributed by atoms with Crippen molar-refractivity contribution in [3.05, 3.63) is 28.8 Å². The average Bonchev–Trinajstić information content (AvgIpc) is 2.60. The van der Waals surface area contributed by atoms with Crippen molar-refractivity contribution in [1.82, 2.24) is 0 Å². The second-order valence-corrected chi connectivity index (χ2v) is 8.50. The van der Waals surface area contributed by atoms with Crippen LogP contribution in [0.1, 0.15) is 57.4 Å². The lowest BCUT2D eigenvalue weighted by atomic mass is 9.98. The molecule has 1 saturated carbocycles. The van der Waals surface area contributed by atoms with Crippen LogP contribution in [0.5, 0.6) is 0 Å². The van der Waals surface area contributed by atoms with Crippen molar-refractivity contribution in [2.24, 2.45) is 5.16 Å². The molecule has 152 valence electrons. The lowest BCUT2D eigenvalue weighted by molar-refractivity contribution is -0.0429. The highest BCUT2D eigenvalue weighted by Crippen LogP contribution is 2.30. The largest absolute Gasteiger partial charge is 0.516 e. The lowest BCUT2D eigenvalue weighted by Gasteiger charge is -2.20. The number of sulfonamides is 1. The number of hydrogen-bond acceptors (Lipinski definition) is 4. The quantitative estimate of drug-likeness (QED) is 0.465. The molecule has 1 aromatic rings. The van der Waals surface area contributed by atoms with E-state index in [1.807, 2.05) is 6.92 Å². The summed E-state index contributed by atoms with van der Waals surface area (Å²) in [5.74, 6) is 0. The van der Waals surface area contributed by atoms with Crippen molar-refractivity contribution in [1.29, 1.82) is 0 Å². The molecule has 1 aliphatic rings. The van der Waals surface area contributed by atoms with Gasteiger partial charge in [0, 0.05) is 10.6 Å². The molecule has 0 amide bonds. The fourth-order valence-electron chi connectivity index (χ4n) is 2.82. The van der Waals surface area contributed by atoms with E-state index in [4.69, 9.17) is 16.4 Å². The van der Waals surface area contributed by atoms with Crippen molar-refractivity contribution in [3.8, 4) is 0 Å². The Morgan fingerprint density at radius 3 is 2.56 bits per heavy atom. The van der Waals surface area contributed by atoms with E-state index in [1.165, 1.54) is 18.2 Å². The molecule has 10 heteroatoms. The topological polar surface area (TPSA) is 67.8 Å². The maximum atomic E-state index is 12.7. The summed E-state index contributed by atoms with van der Waals surface area (Å²) in [7, 11) is -5.56. The first kappa shape index (κ1) is 21.8. The van der Waals surface area contributed by atoms with E-state index >= 15 is 0 Å². The molecule has 5 nitrogen and oxygen atoms in total. The zero-order valence-corrected chi connectivity index (χ0v) is 16.4. The average molecular weight is 427 g/mol. The predicted octanol–water partition coefficient (Wildman–Crippen LogP) is 5.46. The standard InChI is InChI=1S/C17H22ClF3N2O3S/c1-2-6-15(22-26-13-7-4-3-5-8-13)14-11-12(18)9-10-16(14)23-27(24,25)17(19,20)21/h9-11,13,23H,2-8H2,1H3. The number of nitrogens with zero attached hydrogens (tertiary/aromatic N) is 1. The van der Waals surface area contributed by atoms with E-state index in [0.717, 1.165) is 32.1 Å². The molecule has 1 N–H and O–H groups in total. The van der Waals surface area contributed by atoms with Crippen LogP contribution in [0.4, 0.5) is 18.9 Å². The molecule has 0 bridgehead atoms. The van der Waals surface area contributed by atoms with Crippen LogP contribution in [-0.2, 0) is 14.9 Å². The Bertz CT molecular complexity index is 776. The monoisotopic (exact) mass is 426 g/mol. The van der Waals surface area contributed by atoms with Crippen molar-refractivity contribution in [2.75, 3.05) is 4.72 Å². The van der Waals surface area contributed by atoms with Crippen LogP contribution in [0, 0.1) is 0 Å². The van der Waals surface area contributed by atoms with Gasteiger partial charge in [-0.3, -0.25) is 4.72 Å². The molecule has 0 atom stereocenters. The zero-order valence-electron chi connectivity index (χ0n) is 14.9. The number of nitrogens with one attached hydrogen (secondary N) is 1. The van der Waals surface area contributed by atoms with E-state index in [2.05, 4.69) is 5.16 Å². The van der Waals surface area contributed by atoms with E-state index in [0.29, 0.717) is 18.6 Å². The predicted molar refractivity (Wildman–Crippen MR) is 99.5 cm³/mol. The Morgan fingerprint density at radius 2 is 1.96 bits per heavy atom. The summed E-state index contributed by atoms with van der Waals surface area (Å²) in [5, 5.41) is 4.39. The lowest BCUT2D eigenvalue weighted by Crippen LogP contribution is -2.30. The molecule has 0 radical (unpaired) electrons. The minimum atomic E-state index is -5.56. The van der Waals surface area contributed by atoms with Gasteiger partial charge in [-0.1, -0.05) is 36.5 Å². The minimum absolute atomic E-state index is 0.0416. The molecule has 2 rings (SSSR count). The smallest absolute Gasteiger partial charge is 0.392 e. The summed E-state index contributed by atoms with van der Waals surface area (Å²) in [5.41, 5.74) is -5.14. The van der Waals surface area contributed by atoms with Gasteiger partial charge in [-0.15, -0.1) is 0 Å². The molecule has 1 fully saturated rings. The number of alkyl halides is 3. The molecule has 1 aliphatic carbocycles. The van der Waals surface area contributed by atoms with Gasteiger partial charge >= 0.3 is 15.5 Å². The minimum Gasteiger partial charge on any atom is -0.392 e. The van der Waals surface area contributed by atoms with Gasteiger partial charge in [0.15, 0.2) is 0 Å². The number of rotatable bonds is 7. The van der Waals surface area contributed by atoms with Crippen LogP contribution in [0.3, 0.4) is 0 Å². The number of anilines is 1. The molecular formula is C17H22ClF3N2O3S. The summed E-state index contributed by atoms with van der Waals surface area (Å²) < 4.78 is 62.8. The van der Waals surface area contributed by atoms with E-state index < -0.39 is 15.5 Å². The van der Waals surface area contributed by atoms with Gasteiger partial charge in [-0.05, 0) is 50.3 Å². The maximum absolute atomic E-state index is 12.7. The highest BCUT2D eigenvalue weighted by molar-refractivity contribution is 7.93. The second kappa shape index (κ2) is 9.14. The normalized spacial score (nSPS) is 17.0. The molecule has 0 saturated heterocycles. The molecule has 0 aliphatic heterocycles. The Kier molecular flexibility index (Phi) is 7.39. The van der Waals surface area contributed by atoms with Gasteiger partial charge in [-0.25, -0.2) is 0 Å². The molecule has 0 unspecified atom stereocenters. The SMILES string of the molecule is CCCC(=NOC1CCCCC1)c1cc(Cl)ccc1NS(=O)(=O)C(F)(F)F. The summed E-state index contributed by atoms with van der Waals surface area (Å²) in [6.45, 7) is 1.88. The summed E-state index contributed by atoms with van der Waals surface area (Å²) >= 11 is 5.98. The van der Waals surface area contributed by atoms with Gasteiger partial charge in [0.05, 0.1) is 11.4 Å². The van der Waals surface area contributed by atoms with Crippen molar-refractivity contribution >= 4 is 33.0 Å². The first-order chi connectivity index (χ1) is 12.6. The third-order valence-corrected chi connectivity index (χ3v) is 5.53. The van der Waals surface area contributed by atoms with Crippen molar-refractivity contribution < 1.29 is 26.4 Å².